The first-order valence-corrected chi connectivity index (χ1v) is 16.7. The monoisotopic (exact) mass is 617 g/mol. The average molecular weight is 618 g/mol. The molecule has 1 heterocycles. The maximum atomic E-state index is 6.75. The van der Waals surface area contributed by atoms with Gasteiger partial charge in [0, 0.05) is 22.0 Å². The fourth-order valence-electron chi connectivity index (χ4n) is 7.21. The predicted octanol–water partition coefficient (Wildman–Crippen LogP) is 13.4. The van der Waals surface area contributed by atoms with Gasteiger partial charge in [0.25, 0.3) is 0 Å². The summed E-state index contributed by atoms with van der Waals surface area (Å²) in [6.07, 6.45) is 0. The fraction of sp³-hybridized carbons (Fsp3) is 0.0870. The van der Waals surface area contributed by atoms with Crippen LogP contribution in [0.25, 0.3) is 76.5 Å². The van der Waals surface area contributed by atoms with Crippen LogP contribution in [0.2, 0.25) is 0 Å². The molecule has 9 aromatic rings. The number of para-hydroxylation sites is 1. The molecule has 0 saturated carbocycles. The summed E-state index contributed by atoms with van der Waals surface area (Å²) in [6.45, 7) is 6.73. The Labute approximate surface area is 280 Å². The van der Waals surface area contributed by atoms with Crippen molar-refractivity contribution in [1.82, 2.24) is 0 Å². The topological polar surface area (TPSA) is 25.2 Å². The van der Waals surface area contributed by atoms with E-state index in [1.54, 1.807) is 0 Å². The summed E-state index contributed by atoms with van der Waals surface area (Å²) in [5.74, 6) is 0. The lowest BCUT2D eigenvalue weighted by Gasteiger charge is -2.18. The second-order valence-electron chi connectivity index (χ2n) is 13.9. The van der Waals surface area contributed by atoms with Gasteiger partial charge in [-0.05, 0) is 96.4 Å². The third kappa shape index (κ3) is 4.80. The molecule has 1 N–H and O–H groups in total. The van der Waals surface area contributed by atoms with Gasteiger partial charge in [-0.15, -0.1) is 0 Å². The van der Waals surface area contributed by atoms with Gasteiger partial charge in [0.15, 0.2) is 5.58 Å². The third-order valence-corrected chi connectivity index (χ3v) is 9.72. The molecular formula is C46H35NO. The van der Waals surface area contributed by atoms with Crippen LogP contribution in [0.5, 0.6) is 0 Å². The van der Waals surface area contributed by atoms with Crippen molar-refractivity contribution in [3.63, 3.8) is 0 Å². The number of hydrogen-bond donors (Lipinski definition) is 1. The molecule has 0 saturated heterocycles. The molecule has 1 aromatic heterocycles. The zero-order valence-electron chi connectivity index (χ0n) is 27.3. The second kappa shape index (κ2) is 10.9. The SMILES string of the molecule is CC(C)(C)c1cccc2c1oc1c(Nc3ccc(-c4ccc5cc(-c6ccc7ccccc7c6)ccc5c4)cc3)cc3ccccc3c12. The van der Waals surface area contributed by atoms with E-state index in [1.165, 1.54) is 60.1 Å². The van der Waals surface area contributed by atoms with Crippen LogP contribution in [0.15, 0.2) is 156 Å². The summed E-state index contributed by atoms with van der Waals surface area (Å²) in [5, 5.41) is 13.4. The van der Waals surface area contributed by atoms with E-state index in [4.69, 9.17) is 4.42 Å². The maximum Gasteiger partial charge on any atom is 0.159 e. The van der Waals surface area contributed by atoms with Crippen LogP contribution in [-0.4, -0.2) is 0 Å². The lowest BCUT2D eigenvalue weighted by Crippen LogP contribution is -2.10. The van der Waals surface area contributed by atoms with Crippen molar-refractivity contribution in [3.8, 4) is 22.3 Å². The van der Waals surface area contributed by atoms with Gasteiger partial charge in [0.2, 0.25) is 0 Å². The summed E-state index contributed by atoms with van der Waals surface area (Å²) in [4.78, 5) is 0. The molecule has 0 unspecified atom stereocenters. The molecule has 8 aromatic carbocycles. The Hall–Kier alpha value is -5.86. The standard InChI is InChI=1S/C46H35NO/c1-46(2,3)41-14-8-13-40-43-39-12-7-6-11-37(39)28-42(45(43)48-44(40)41)47-38-23-21-30(22-24-38)32-17-18-35-27-36(20-19-34(35)26-32)33-16-15-29-9-4-5-10-31(29)25-33/h4-28,47H,1-3H3. The van der Waals surface area contributed by atoms with Gasteiger partial charge in [0.05, 0.1) is 5.69 Å². The van der Waals surface area contributed by atoms with E-state index in [9.17, 15) is 0 Å². The molecule has 2 nitrogen and oxygen atoms in total. The Kier molecular flexibility index (Phi) is 6.42. The molecular weight excluding hydrogens is 583 g/mol. The Morgan fingerprint density at radius 1 is 0.438 bits per heavy atom. The Morgan fingerprint density at radius 3 is 1.67 bits per heavy atom. The summed E-state index contributed by atoms with van der Waals surface area (Å²) < 4.78 is 6.75. The predicted molar refractivity (Wildman–Crippen MR) is 206 cm³/mol. The minimum atomic E-state index is -0.0328. The van der Waals surface area contributed by atoms with Crippen molar-refractivity contribution in [2.45, 2.75) is 26.2 Å². The maximum absolute atomic E-state index is 6.75. The molecule has 0 aliphatic rings. The number of furan rings is 1. The van der Waals surface area contributed by atoms with Crippen molar-refractivity contribution < 1.29 is 4.42 Å². The first-order chi connectivity index (χ1) is 23.4. The molecule has 48 heavy (non-hydrogen) atoms. The Bertz CT molecular complexity index is 2670. The van der Waals surface area contributed by atoms with Crippen molar-refractivity contribution in [2.75, 3.05) is 5.32 Å². The number of hydrogen-bond acceptors (Lipinski definition) is 2. The van der Waals surface area contributed by atoms with E-state index < -0.39 is 0 Å². The van der Waals surface area contributed by atoms with E-state index in [2.05, 4.69) is 178 Å². The molecule has 0 spiro atoms. The number of rotatable bonds is 4. The highest BCUT2D eigenvalue weighted by Crippen LogP contribution is 2.43. The average Bonchev–Trinajstić information content (AvgIpc) is 3.51. The quantitative estimate of drug-likeness (QED) is 0.213. The fourth-order valence-corrected chi connectivity index (χ4v) is 7.21. The van der Waals surface area contributed by atoms with Crippen molar-refractivity contribution in [1.29, 1.82) is 0 Å². The van der Waals surface area contributed by atoms with Crippen LogP contribution in [0, 0.1) is 0 Å². The Balaban J connectivity index is 1.05. The molecule has 0 radical (unpaired) electrons. The van der Waals surface area contributed by atoms with Crippen LogP contribution in [0.1, 0.15) is 26.3 Å². The normalized spacial score (nSPS) is 12.1. The van der Waals surface area contributed by atoms with Gasteiger partial charge < -0.3 is 9.73 Å². The van der Waals surface area contributed by atoms with E-state index in [0.717, 1.165) is 33.3 Å². The molecule has 0 atom stereocenters. The Morgan fingerprint density at radius 2 is 0.979 bits per heavy atom. The molecule has 2 heteroatoms. The van der Waals surface area contributed by atoms with Crippen molar-refractivity contribution >= 4 is 65.6 Å². The zero-order valence-corrected chi connectivity index (χ0v) is 27.3. The highest BCUT2D eigenvalue weighted by atomic mass is 16.3. The smallest absolute Gasteiger partial charge is 0.159 e. The largest absolute Gasteiger partial charge is 0.454 e. The number of anilines is 2. The van der Waals surface area contributed by atoms with Crippen LogP contribution in [0.4, 0.5) is 11.4 Å². The summed E-state index contributed by atoms with van der Waals surface area (Å²) in [7, 11) is 0. The lowest BCUT2D eigenvalue weighted by molar-refractivity contribution is 0.573. The first-order valence-electron chi connectivity index (χ1n) is 16.7. The molecule has 0 aliphatic carbocycles. The van der Waals surface area contributed by atoms with Crippen LogP contribution in [-0.2, 0) is 5.41 Å². The van der Waals surface area contributed by atoms with Crippen molar-refractivity contribution in [2.24, 2.45) is 0 Å². The van der Waals surface area contributed by atoms with Crippen LogP contribution in [0.3, 0.4) is 0 Å². The molecule has 0 bridgehead atoms. The van der Waals surface area contributed by atoms with Crippen molar-refractivity contribution in [3.05, 3.63) is 157 Å². The molecule has 230 valence electrons. The third-order valence-electron chi connectivity index (χ3n) is 9.72. The van der Waals surface area contributed by atoms with Gasteiger partial charge >= 0.3 is 0 Å². The van der Waals surface area contributed by atoms with Gasteiger partial charge in [-0.1, -0.05) is 136 Å². The van der Waals surface area contributed by atoms with E-state index in [0.29, 0.717) is 0 Å². The highest BCUT2D eigenvalue weighted by Gasteiger charge is 2.23. The minimum absolute atomic E-state index is 0.0328. The minimum Gasteiger partial charge on any atom is -0.454 e. The zero-order chi connectivity index (χ0) is 32.4. The highest BCUT2D eigenvalue weighted by molar-refractivity contribution is 6.22. The molecule has 9 rings (SSSR count). The van der Waals surface area contributed by atoms with Crippen LogP contribution >= 0.6 is 0 Å². The molecule has 0 amide bonds. The van der Waals surface area contributed by atoms with Crippen LogP contribution < -0.4 is 5.32 Å². The lowest BCUT2D eigenvalue weighted by atomic mass is 9.86. The number of benzene rings is 8. The van der Waals surface area contributed by atoms with Gasteiger partial charge in [-0.3, -0.25) is 0 Å². The number of fused-ring (bicyclic) bond motifs is 7. The second-order valence-corrected chi connectivity index (χ2v) is 13.9. The summed E-state index contributed by atoms with van der Waals surface area (Å²) >= 11 is 0. The van der Waals surface area contributed by atoms with Gasteiger partial charge in [-0.2, -0.15) is 0 Å². The first kappa shape index (κ1) is 28.4. The molecule has 0 aliphatic heterocycles. The van der Waals surface area contributed by atoms with Gasteiger partial charge in [0.1, 0.15) is 5.58 Å². The summed E-state index contributed by atoms with van der Waals surface area (Å²) in [6, 6.07) is 54.8. The summed E-state index contributed by atoms with van der Waals surface area (Å²) in [5.41, 5.74) is 9.90. The van der Waals surface area contributed by atoms with E-state index in [1.807, 2.05) is 0 Å². The van der Waals surface area contributed by atoms with E-state index in [-0.39, 0.29) is 5.41 Å². The van der Waals surface area contributed by atoms with Gasteiger partial charge in [-0.25, -0.2) is 0 Å². The number of nitrogens with one attached hydrogen (secondary N) is 1. The molecule has 0 fully saturated rings. The van der Waals surface area contributed by atoms with E-state index >= 15 is 0 Å².